The van der Waals surface area contributed by atoms with Gasteiger partial charge in [0.2, 0.25) is 5.91 Å². The lowest BCUT2D eigenvalue weighted by Gasteiger charge is -2.11. The molecular formula is C18H17N3OS. The molecule has 0 spiro atoms. The maximum Gasteiger partial charge on any atom is 0.246 e. The Balaban J connectivity index is 1.73. The fourth-order valence-corrected chi connectivity index (χ4v) is 3.09. The summed E-state index contributed by atoms with van der Waals surface area (Å²) in [4.78, 5) is 14.4. The van der Waals surface area contributed by atoms with E-state index >= 15 is 0 Å². The van der Waals surface area contributed by atoms with Crippen molar-refractivity contribution >= 4 is 23.4 Å². The van der Waals surface area contributed by atoms with Crippen LogP contribution in [0, 0.1) is 6.92 Å². The molecule has 0 radical (unpaired) electrons. The first-order valence-corrected chi connectivity index (χ1v) is 8.14. The molecule has 1 heterocycles. The number of carbonyl (C=O) groups is 1. The third-order valence-electron chi connectivity index (χ3n) is 3.35. The standard InChI is InChI=1S/C18H17N3OS/c1-14-11-12-19-21(14)13-18(22)20-16-9-5-6-10-17(16)23-15-7-3-2-4-8-15/h2-12H,13H2,1H3,(H,20,22). The summed E-state index contributed by atoms with van der Waals surface area (Å²) in [5.74, 6) is -0.0853. The van der Waals surface area contributed by atoms with Gasteiger partial charge in [0, 0.05) is 21.7 Å². The fourth-order valence-electron chi connectivity index (χ4n) is 2.16. The van der Waals surface area contributed by atoms with E-state index in [1.807, 2.05) is 55.5 Å². The van der Waals surface area contributed by atoms with Gasteiger partial charge in [0.15, 0.2) is 0 Å². The molecule has 3 rings (SSSR count). The van der Waals surface area contributed by atoms with Gasteiger partial charge in [0.05, 0.1) is 5.69 Å². The minimum atomic E-state index is -0.0853. The Morgan fingerprint density at radius 1 is 1.09 bits per heavy atom. The summed E-state index contributed by atoms with van der Waals surface area (Å²) in [6.45, 7) is 2.14. The summed E-state index contributed by atoms with van der Waals surface area (Å²) in [7, 11) is 0. The van der Waals surface area contributed by atoms with Gasteiger partial charge in [0.1, 0.15) is 6.54 Å². The Morgan fingerprint density at radius 3 is 2.57 bits per heavy atom. The minimum absolute atomic E-state index is 0.0853. The molecule has 1 N–H and O–H groups in total. The van der Waals surface area contributed by atoms with E-state index in [0.717, 1.165) is 21.2 Å². The van der Waals surface area contributed by atoms with E-state index in [-0.39, 0.29) is 12.5 Å². The topological polar surface area (TPSA) is 46.9 Å². The molecule has 23 heavy (non-hydrogen) atoms. The summed E-state index contributed by atoms with van der Waals surface area (Å²) in [6.07, 6.45) is 1.70. The predicted molar refractivity (Wildman–Crippen MR) is 92.6 cm³/mol. The molecule has 0 bridgehead atoms. The lowest BCUT2D eigenvalue weighted by Crippen LogP contribution is -2.20. The number of rotatable bonds is 5. The average molecular weight is 323 g/mol. The third-order valence-corrected chi connectivity index (χ3v) is 4.44. The zero-order valence-electron chi connectivity index (χ0n) is 12.8. The van der Waals surface area contributed by atoms with Crippen LogP contribution in [0.3, 0.4) is 0 Å². The highest BCUT2D eigenvalue weighted by Gasteiger charge is 2.09. The number of nitrogens with zero attached hydrogens (tertiary/aromatic N) is 2. The number of anilines is 1. The van der Waals surface area contributed by atoms with Crippen LogP contribution in [-0.2, 0) is 11.3 Å². The zero-order chi connectivity index (χ0) is 16.1. The zero-order valence-corrected chi connectivity index (χ0v) is 13.6. The van der Waals surface area contributed by atoms with E-state index in [9.17, 15) is 4.79 Å². The van der Waals surface area contributed by atoms with E-state index in [2.05, 4.69) is 22.5 Å². The monoisotopic (exact) mass is 323 g/mol. The smallest absolute Gasteiger partial charge is 0.246 e. The number of aryl methyl sites for hydroxylation is 1. The fraction of sp³-hybridized carbons (Fsp3) is 0.111. The van der Waals surface area contributed by atoms with Crippen molar-refractivity contribution in [2.45, 2.75) is 23.3 Å². The molecule has 5 heteroatoms. The van der Waals surface area contributed by atoms with Gasteiger partial charge in [0.25, 0.3) is 0 Å². The van der Waals surface area contributed by atoms with E-state index < -0.39 is 0 Å². The Hall–Kier alpha value is -2.53. The summed E-state index contributed by atoms with van der Waals surface area (Å²) < 4.78 is 1.68. The number of aromatic nitrogens is 2. The first kappa shape index (κ1) is 15.4. The lowest BCUT2D eigenvalue weighted by molar-refractivity contribution is -0.116. The quantitative estimate of drug-likeness (QED) is 0.772. The molecule has 0 aliphatic carbocycles. The van der Waals surface area contributed by atoms with E-state index in [1.165, 1.54) is 0 Å². The minimum Gasteiger partial charge on any atom is -0.323 e. The largest absolute Gasteiger partial charge is 0.323 e. The second kappa shape index (κ2) is 7.15. The molecule has 0 fully saturated rings. The Morgan fingerprint density at radius 2 is 1.83 bits per heavy atom. The van der Waals surface area contributed by atoms with Gasteiger partial charge in [-0.25, -0.2) is 0 Å². The van der Waals surface area contributed by atoms with Crippen molar-refractivity contribution in [3.63, 3.8) is 0 Å². The number of hydrogen-bond acceptors (Lipinski definition) is 3. The Bertz CT molecular complexity index is 799. The molecule has 3 aromatic rings. The molecule has 2 aromatic carbocycles. The van der Waals surface area contributed by atoms with E-state index in [4.69, 9.17) is 0 Å². The average Bonchev–Trinajstić information content (AvgIpc) is 2.95. The molecule has 116 valence electrons. The van der Waals surface area contributed by atoms with Crippen LogP contribution in [0.15, 0.2) is 76.7 Å². The molecule has 0 saturated carbocycles. The molecule has 1 amide bonds. The van der Waals surface area contributed by atoms with Gasteiger partial charge < -0.3 is 5.32 Å². The number of amides is 1. The molecular weight excluding hydrogens is 306 g/mol. The highest BCUT2D eigenvalue weighted by molar-refractivity contribution is 7.99. The summed E-state index contributed by atoms with van der Waals surface area (Å²) >= 11 is 1.63. The number of para-hydroxylation sites is 1. The first-order valence-electron chi connectivity index (χ1n) is 7.32. The molecule has 1 aromatic heterocycles. The molecule has 4 nitrogen and oxygen atoms in total. The van der Waals surface area contributed by atoms with Crippen molar-refractivity contribution < 1.29 is 4.79 Å². The maximum absolute atomic E-state index is 12.3. The van der Waals surface area contributed by atoms with Gasteiger partial charge in [-0.05, 0) is 37.3 Å². The molecule has 0 unspecified atom stereocenters. The van der Waals surface area contributed by atoms with Gasteiger partial charge >= 0.3 is 0 Å². The SMILES string of the molecule is Cc1ccnn1CC(=O)Nc1ccccc1Sc1ccccc1. The van der Waals surface area contributed by atoms with Crippen LogP contribution >= 0.6 is 11.8 Å². The van der Waals surface area contributed by atoms with Gasteiger partial charge in [-0.1, -0.05) is 42.1 Å². The van der Waals surface area contributed by atoms with Crippen LogP contribution in [0.5, 0.6) is 0 Å². The van der Waals surface area contributed by atoms with Crippen LogP contribution < -0.4 is 5.32 Å². The molecule has 0 aliphatic rings. The third kappa shape index (κ3) is 4.02. The first-order chi connectivity index (χ1) is 11.2. The van der Waals surface area contributed by atoms with Crippen molar-refractivity contribution in [1.82, 2.24) is 9.78 Å². The van der Waals surface area contributed by atoms with Gasteiger partial charge in [-0.2, -0.15) is 5.10 Å². The second-order valence-electron chi connectivity index (χ2n) is 5.09. The Kier molecular flexibility index (Phi) is 4.78. The maximum atomic E-state index is 12.3. The van der Waals surface area contributed by atoms with Crippen LogP contribution in [0.4, 0.5) is 5.69 Å². The van der Waals surface area contributed by atoms with Crippen molar-refractivity contribution in [2.75, 3.05) is 5.32 Å². The van der Waals surface area contributed by atoms with Gasteiger partial charge in [-0.15, -0.1) is 0 Å². The molecule has 0 saturated heterocycles. The number of benzene rings is 2. The van der Waals surface area contributed by atoms with Gasteiger partial charge in [-0.3, -0.25) is 9.48 Å². The number of carbonyl (C=O) groups excluding carboxylic acids is 1. The van der Waals surface area contributed by atoms with Crippen molar-refractivity contribution in [3.05, 3.63) is 72.6 Å². The summed E-state index contributed by atoms with van der Waals surface area (Å²) in [5, 5.41) is 7.11. The van der Waals surface area contributed by atoms with Crippen LogP contribution in [0.2, 0.25) is 0 Å². The Labute approximate surface area is 139 Å². The lowest BCUT2D eigenvalue weighted by atomic mass is 10.3. The van der Waals surface area contributed by atoms with Crippen LogP contribution in [0.1, 0.15) is 5.69 Å². The normalized spacial score (nSPS) is 10.5. The number of nitrogens with one attached hydrogen (secondary N) is 1. The summed E-state index contributed by atoms with van der Waals surface area (Å²) in [5.41, 5.74) is 1.78. The van der Waals surface area contributed by atoms with Crippen LogP contribution in [0.25, 0.3) is 0 Å². The molecule has 0 aliphatic heterocycles. The summed E-state index contributed by atoms with van der Waals surface area (Å²) in [6, 6.07) is 19.8. The van der Waals surface area contributed by atoms with Crippen molar-refractivity contribution in [3.8, 4) is 0 Å². The second-order valence-corrected chi connectivity index (χ2v) is 6.21. The highest BCUT2D eigenvalue weighted by Crippen LogP contribution is 2.33. The van der Waals surface area contributed by atoms with Crippen molar-refractivity contribution in [2.24, 2.45) is 0 Å². The van der Waals surface area contributed by atoms with Crippen LogP contribution in [-0.4, -0.2) is 15.7 Å². The number of hydrogen-bond donors (Lipinski definition) is 1. The van der Waals surface area contributed by atoms with Crippen molar-refractivity contribution in [1.29, 1.82) is 0 Å². The molecule has 0 atom stereocenters. The predicted octanol–water partition coefficient (Wildman–Crippen LogP) is 3.98. The van der Waals surface area contributed by atoms with E-state index in [0.29, 0.717) is 0 Å². The highest BCUT2D eigenvalue weighted by atomic mass is 32.2. The van der Waals surface area contributed by atoms with E-state index in [1.54, 1.807) is 22.6 Å².